The molecule has 1 amide bonds. The van der Waals surface area contributed by atoms with Crippen LogP contribution < -0.4 is 10.1 Å². The molecule has 8 heteroatoms. The zero-order chi connectivity index (χ0) is 22.6. The summed E-state index contributed by atoms with van der Waals surface area (Å²) in [5.41, 5.74) is 2.83. The van der Waals surface area contributed by atoms with E-state index in [1.54, 1.807) is 7.11 Å². The highest BCUT2D eigenvalue weighted by Gasteiger charge is 2.21. The highest BCUT2D eigenvalue weighted by atomic mass is 16.5. The van der Waals surface area contributed by atoms with Gasteiger partial charge in [0.25, 0.3) is 5.91 Å². The van der Waals surface area contributed by atoms with Crippen LogP contribution in [0.2, 0.25) is 0 Å². The Balaban J connectivity index is 1.46. The molecule has 0 unspecified atom stereocenters. The molecule has 4 aromatic rings. The number of methoxy groups -OCH3 is 1. The van der Waals surface area contributed by atoms with Gasteiger partial charge in [0.05, 0.1) is 38.2 Å². The molecule has 1 aliphatic heterocycles. The van der Waals surface area contributed by atoms with Crippen LogP contribution in [0, 0.1) is 0 Å². The number of ether oxygens (including phenoxy) is 2. The number of nitrogens with zero attached hydrogens (tertiary/aromatic N) is 4. The van der Waals surface area contributed by atoms with Gasteiger partial charge >= 0.3 is 0 Å². The molecule has 0 bridgehead atoms. The molecule has 5 rings (SSSR count). The third-order valence-corrected chi connectivity index (χ3v) is 5.93. The standard InChI is InChI=1S/C25H27N5O3/c1-32-22-10-6-7-19-23(27-30(24(19)22)14-13-28-15-17-33-18-16-28)25(31)26-20-8-2-3-9-21(20)29-11-4-5-12-29/h2-12H,13-18H2,1H3,(H,26,31). The Labute approximate surface area is 192 Å². The van der Waals surface area contributed by atoms with Crippen LogP contribution >= 0.6 is 0 Å². The maximum absolute atomic E-state index is 13.4. The summed E-state index contributed by atoms with van der Waals surface area (Å²) in [4.78, 5) is 15.8. The number of anilines is 1. The quantitative estimate of drug-likeness (QED) is 0.472. The van der Waals surface area contributed by atoms with Crippen molar-refractivity contribution in [2.24, 2.45) is 0 Å². The highest BCUT2D eigenvalue weighted by molar-refractivity contribution is 6.12. The minimum atomic E-state index is -0.252. The van der Waals surface area contributed by atoms with Crippen molar-refractivity contribution in [2.75, 3.05) is 45.3 Å². The van der Waals surface area contributed by atoms with Gasteiger partial charge in [0, 0.05) is 37.4 Å². The average molecular weight is 446 g/mol. The Bertz CT molecular complexity index is 1240. The molecule has 0 aliphatic carbocycles. The van der Waals surface area contributed by atoms with E-state index in [1.807, 2.05) is 76.2 Å². The zero-order valence-electron chi connectivity index (χ0n) is 18.6. The van der Waals surface area contributed by atoms with E-state index in [9.17, 15) is 4.79 Å². The van der Waals surface area contributed by atoms with E-state index in [0.717, 1.165) is 55.1 Å². The summed E-state index contributed by atoms with van der Waals surface area (Å²) < 4.78 is 14.9. The number of benzene rings is 2. The Kier molecular flexibility index (Phi) is 6.10. The summed E-state index contributed by atoms with van der Waals surface area (Å²) in [6.07, 6.45) is 3.90. The van der Waals surface area contributed by atoms with Crippen LogP contribution in [0.3, 0.4) is 0 Å². The molecule has 1 saturated heterocycles. The molecule has 3 heterocycles. The number of amides is 1. The molecule has 8 nitrogen and oxygen atoms in total. The van der Waals surface area contributed by atoms with E-state index in [2.05, 4.69) is 10.2 Å². The second-order valence-electron chi connectivity index (χ2n) is 7.94. The summed E-state index contributed by atoms with van der Waals surface area (Å²) >= 11 is 0. The molecule has 2 aromatic carbocycles. The largest absolute Gasteiger partial charge is 0.494 e. The smallest absolute Gasteiger partial charge is 0.276 e. The van der Waals surface area contributed by atoms with Crippen LogP contribution in [-0.2, 0) is 11.3 Å². The number of carbonyl (C=O) groups excluding carboxylic acids is 1. The SMILES string of the molecule is COc1cccc2c(C(=O)Nc3ccccc3-n3cccc3)nn(CCN3CCOCC3)c12. The van der Waals surface area contributed by atoms with Crippen molar-refractivity contribution in [1.29, 1.82) is 0 Å². The van der Waals surface area contributed by atoms with E-state index in [0.29, 0.717) is 18.0 Å². The van der Waals surface area contributed by atoms with Crippen LogP contribution in [0.5, 0.6) is 5.75 Å². The highest BCUT2D eigenvalue weighted by Crippen LogP contribution is 2.29. The predicted molar refractivity (Wildman–Crippen MR) is 127 cm³/mol. The Morgan fingerprint density at radius 1 is 1.03 bits per heavy atom. The van der Waals surface area contributed by atoms with Crippen molar-refractivity contribution in [1.82, 2.24) is 19.2 Å². The average Bonchev–Trinajstić information content (AvgIpc) is 3.52. The number of hydrogen-bond donors (Lipinski definition) is 1. The molecular weight excluding hydrogens is 418 g/mol. The molecule has 33 heavy (non-hydrogen) atoms. The number of carbonyl (C=O) groups is 1. The number of nitrogens with one attached hydrogen (secondary N) is 1. The van der Waals surface area contributed by atoms with E-state index in [1.165, 1.54) is 0 Å². The third-order valence-electron chi connectivity index (χ3n) is 5.93. The molecule has 0 radical (unpaired) electrons. The van der Waals surface area contributed by atoms with Crippen LogP contribution in [0.25, 0.3) is 16.6 Å². The molecule has 2 aromatic heterocycles. The van der Waals surface area contributed by atoms with Gasteiger partial charge in [0.15, 0.2) is 5.69 Å². The summed E-state index contributed by atoms with van der Waals surface area (Å²) in [7, 11) is 1.64. The lowest BCUT2D eigenvalue weighted by molar-refractivity contribution is 0.0361. The van der Waals surface area contributed by atoms with Crippen molar-refractivity contribution in [3.63, 3.8) is 0 Å². The van der Waals surface area contributed by atoms with Crippen LogP contribution in [0.15, 0.2) is 67.0 Å². The maximum Gasteiger partial charge on any atom is 0.276 e. The number of morpholine rings is 1. The van der Waals surface area contributed by atoms with Gasteiger partial charge in [-0.05, 0) is 30.3 Å². The van der Waals surface area contributed by atoms with E-state index >= 15 is 0 Å². The minimum absolute atomic E-state index is 0.252. The van der Waals surface area contributed by atoms with Crippen molar-refractivity contribution in [3.05, 3.63) is 72.7 Å². The van der Waals surface area contributed by atoms with Crippen LogP contribution in [0.4, 0.5) is 5.69 Å². The normalized spacial score (nSPS) is 14.5. The number of hydrogen-bond acceptors (Lipinski definition) is 5. The molecule has 1 aliphatic rings. The fraction of sp³-hybridized carbons (Fsp3) is 0.280. The molecular formula is C25H27N5O3. The Morgan fingerprint density at radius 3 is 2.61 bits per heavy atom. The van der Waals surface area contributed by atoms with Crippen LogP contribution in [0.1, 0.15) is 10.5 Å². The molecule has 170 valence electrons. The Hall–Kier alpha value is -3.62. The summed E-state index contributed by atoms with van der Waals surface area (Å²) in [5.74, 6) is 0.451. The van der Waals surface area contributed by atoms with Gasteiger partial charge in [0.2, 0.25) is 0 Å². The predicted octanol–water partition coefficient (Wildman–Crippen LogP) is 3.42. The lowest BCUT2D eigenvalue weighted by atomic mass is 10.1. The third kappa shape index (κ3) is 4.35. The lowest BCUT2D eigenvalue weighted by Gasteiger charge is -2.26. The van der Waals surface area contributed by atoms with Gasteiger partial charge in [-0.25, -0.2) is 0 Å². The first kappa shape index (κ1) is 21.2. The van der Waals surface area contributed by atoms with Gasteiger partial charge in [-0.1, -0.05) is 24.3 Å². The summed E-state index contributed by atoms with van der Waals surface area (Å²) in [6.45, 7) is 4.79. The molecule has 1 N–H and O–H groups in total. The number of aromatic nitrogens is 3. The van der Waals surface area contributed by atoms with Crippen molar-refractivity contribution >= 4 is 22.5 Å². The van der Waals surface area contributed by atoms with Crippen molar-refractivity contribution in [2.45, 2.75) is 6.54 Å². The lowest BCUT2D eigenvalue weighted by Crippen LogP contribution is -2.38. The number of rotatable bonds is 7. The van der Waals surface area contributed by atoms with E-state index < -0.39 is 0 Å². The summed E-state index contributed by atoms with van der Waals surface area (Å²) in [6, 6.07) is 17.3. The van der Waals surface area contributed by atoms with E-state index in [-0.39, 0.29) is 5.91 Å². The second kappa shape index (κ2) is 9.48. The molecule has 0 spiro atoms. The second-order valence-corrected chi connectivity index (χ2v) is 7.94. The topological polar surface area (TPSA) is 73.5 Å². The van der Waals surface area contributed by atoms with Crippen molar-refractivity contribution < 1.29 is 14.3 Å². The molecule has 0 saturated carbocycles. The monoisotopic (exact) mass is 445 g/mol. The first-order chi connectivity index (χ1) is 16.2. The minimum Gasteiger partial charge on any atom is -0.494 e. The van der Waals surface area contributed by atoms with Crippen LogP contribution in [-0.4, -0.2) is 65.1 Å². The summed E-state index contributed by atoms with van der Waals surface area (Å²) in [5, 5.41) is 8.56. The first-order valence-corrected chi connectivity index (χ1v) is 11.1. The first-order valence-electron chi connectivity index (χ1n) is 11.1. The fourth-order valence-corrected chi connectivity index (χ4v) is 4.24. The van der Waals surface area contributed by atoms with Crippen molar-refractivity contribution in [3.8, 4) is 11.4 Å². The van der Waals surface area contributed by atoms with E-state index in [4.69, 9.17) is 14.6 Å². The molecule has 0 atom stereocenters. The van der Waals surface area contributed by atoms with Gasteiger partial charge in [-0.2, -0.15) is 5.10 Å². The Morgan fingerprint density at radius 2 is 1.82 bits per heavy atom. The van der Waals surface area contributed by atoms with Gasteiger partial charge in [-0.3, -0.25) is 14.4 Å². The maximum atomic E-state index is 13.4. The van der Waals surface area contributed by atoms with Gasteiger partial charge in [0.1, 0.15) is 11.3 Å². The van der Waals surface area contributed by atoms with Gasteiger partial charge < -0.3 is 19.4 Å². The molecule has 1 fully saturated rings. The number of para-hydroxylation sites is 3. The van der Waals surface area contributed by atoms with Gasteiger partial charge in [-0.15, -0.1) is 0 Å². The zero-order valence-corrected chi connectivity index (χ0v) is 18.6. The number of fused-ring (bicyclic) bond motifs is 1. The fourth-order valence-electron chi connectivity index (χ4n) is 4.24.